The molecule has 72 valence electrons. The zero-order valence-corrected chi connectivity index (χ0v) is 8.15. The second-order valence-electron chi connectivity index (χ2n) is 3.14. The first kappa shape index (κ1) is 10.5. The average molecular weight is 186 g/mol. The van der Waals surface area contributed by atoms with E-state index in [-0.39, 0.29) is 5.92 Å². The Kier molecular flexibility index (Phi) is 4.46. The van der Waals surface area contributed by atoms with E-state index in [9.17, 15) is 4.79 Å². The first-order valence-corrected chi connectivity index (χ1v) is 4.73. The topological polar surface area (TPSA) is 17.1 Å². The number of hydrogen-bond donors (Lipinski definition) is 0. The fraction of sp³-hybridized carbons (Fsp3) is 0.231. The van der Waals surface area contributed by atoms with Gasteiger partial charge in [0.05, 0.1) is 0 Å². The maximum Gasteiger partial charge on any atom is 0.127 e. The summed E-state index contributed by atoms with van der Waals surface area (Å²) in [5.74, 6) is 0.000741. The number of carbonyl (C=O) groups excluding carboxylic acids is 1. The molecular weight excluding hydrogens is 172 g/mol. The summed E-state index contributed by atoms with van der Waals surface area (Å²) in [5, 5.41) is 0. The molecule has 1 aromatic carbocycles. The van der Waals surface area contributed by atoms with Crippen molar-refractivity contribution in [2.75, 3.05) is 0 Å². The third-order valence-corrected chi connectivity index (χ3v) is 2.16. The summed E-state index contributed by atoms with van der Waals surface area (Å²) in [6, 6.07) is 9.83. The standard InChI is InChI=1S/C13H14O/c1-2-3-5-10-13(11-14)12-8-6-4-7-9-12/h3-4,6-9,11,13H,1,5,10H2. The molecule has 0 aliphatic rings. The van der Waals surface area contributed by atoms with E-state index in [1.807, 2.05) is 36.4 Å². The van der Waals surface area contributed by atoms with Gasteiger partial charge in [-0.05, 0) is 24.5 Å². The number of allylic oxidation sites excluding steroid dienone is 1. The van der Waals surface area contributed by atoms with Gasteiger partial charge in [-0.15, -0.1) is 5.73 Å². The molecule has 0 saturated carbocycles. The van der Waals surface area contributed by atoms with E-state index >= 15 is 0 Å². The molecular formula is C13H14O. The van der Waals surface area contributed by atoms with E-state index in [4.69, 9.17) is 0 Å². The summed E-state index contributed by atoms with van der Waals surface area (Å²) < 4.78 is 0. The van der Waals surface area contributed by atoms with Gasteiger partial charge in [0.1, 0.15) is 6.29 Å². The van der Waals surface area contributed by atoms with Gasteiger partial charge in [-0.1, -0.05) is 36.9 Å². The lowest BCUT2D eigenvalue weighted by Crippen LogP contribution is -1.99. The van der Waals surface area contributed by atoms with Crippen LogP contribution < -0.4 is 0 Å². The van der Waals surface area contributed by atoms with Crippen LogP contribution in [-0.4, -0.2) is 6.29 Å². The second kappa shape index (κ2) is 5.95. The van der Waals surface area contributed by atoms with Crippen LogP contribution in [0.4, 0.5) is 0 Å². The van der Waals surface area contributed by atoms with Crippen molar-refractivity contribution in [3.05, 3.63) is 54.3 Å². The normalized spacial score (nSPS) is 11.4. The zero-order valence-electron chi connectivity index (χ0n) is 8.15. The van der Waals surface area contributed by atoms with Crippen molar-refractivity contribution >= 4 is 6.29 Å². The average Bonchev–Trinajstić information content (AvgIpc) is 2.26. The van der Waals surface area contributed by atoms with Gasteiger partial charge in [-0.2, -0.15) is 0 Å². The van der Waals surface area contributed by atoms with Crippen LogP contribution in [0.5, 0.6) is 0 Å². The Morgan fingerprint density at radius 1 is 1.36 bits per heavy atom. The second-order valence-corrected chi connectivity index (χ2v) is 3.14. The van der Waals surface area contributed by atoms with E-state index in [2.05, 4.69) is 12.3 Å². The van der Waals surface area contributed by atoms with Crippen molar-refractivity contribution < 1.29 is 4.79 Å². The van der Waals surface area contributed by atoms with E-state index in [1.54, 1.807) is 0 Å². The summed E-state index contributed by atoms with van der Waals surface area (Å²) in [6.07, 6.45) is 4.55. The minimum Gasteiger partial charge on any atom is -0.303 e. The highest BCUT2D eigenvalue weighted by molar-refractivity contribution is 5.61. The number of aldehydes is 1. The van der Waals surface area contributed by atoms with E-state index in [1.165, 1.54) is 0 Å². The molecule has 0 saturated heterocycles. The molecule has 0 bridgehead atoms. The third kappa shape index (κ3) is 3.04. The molecule has 1 aromatic rings. The first-order chi connectivity index (χ1) is 6.88. The van der Waals surface area contributed by atoms with Crippen LogP contribution in [0, 0.1) is 0 Å². The Balaban J connectivity index is 2.63. The van der Waals surface area contributed by atoms with Gasteiger partial charge in [-0.25, -0.2) is 0 Å². The molecule has 0 N–H and O–H groups in total. The fourth-order valence-electron chi connectivity index (χ4n) is 1.38. The lowest BCUT2D eigenvalue weighted by molar-refractivity contribution is -0.109. The fourth-order valence-corrected chi connectivity index (χ4v) is 1.38. The predicted octanol–water partition coefficient (Wildman–Crippen LogP) is 3.09. The van der Waals surface area contributed by atoms with Crippen molar-refractivity contribution in [2.45, 2.75) is 18.8 Å². The molecule has 14 heavy (non-hydrogen) atoms. The van der Waals surface area contributed by atoms with Gasteiger partial charge in [0.25, 0.3) is 0 Å². The van der Waals surface area contributed by atoms with Crippen LogP contribution in [0.3, 0.4) is 0 Å². The molecule has 0 aliphatic heterocycles. The minimum absolute atomic E-state index is 0.000741. The quantitative estimate of drug-likeness (QED) is 0.510. The summed E-state index contributed by atoms with van der Waals surface area (Å²) in [7, 11) is 0. The number of carbonyl (C=O) groups is 1. The lowest BCUT2D eigenvalue weighted by Gasteiger charge is -2.07. The maximum absolute atomic E-state index is 10.8. The minimum atomic E-state index is 0.000741. The molecule has 1 rings (SSSR count). The van der Waals surface area contributed by atoms with Crippen LogP contribution in [0.1, 0.15) is 24.3 Å². The molecule has 1 unspecified atom stereocenters. The Labute approximate surface area is 84.8 Å². The molecule has 1 atom stereocenters. The van der Waals surface area contributed by atoms with Crippen LogP contribution >= 0.6 is 0 Å². The molecule has 1 nitrogen and oxygen atoms in total. The highest BCUT2D eigenvalue weighted by Gasteiger charge is 2.07. The molecule has 0 amide bonds. The molecule has 0 aromatic heterocycles. The van der Waals surface area contributed by atoms with Gasteiger partial charge in [-0.3, -0.25) is 0 Å². The molecule has 0 heterocycles. The van der Waals surface area contributed by atoms with Crippen LogP contribution in [-0.2, 0) is 4.79 Å². The molecule has 1 heteroatoms. The molecule has 0 aliphatic carbocycles. The summed E-state index contributed by atoms with van der Waals surface area (Å²) in [6.45, 7) is 3.49. The van der Waals surface area contributed by atoms with Gasteiger partial charge >= 0.3 is 0 Å². The van der Waals surface area contributed by atoms with E-state index < -0.39 is 0 Å². The SMILES string of the molecule is C=C=CCCC(C=O)c1ccccc1. The van der Waals surface area contributed by atoms with E-state index in [0.29, 0.717) is 0 Å². The maximum atomic E-state index is 10.8. The van der Waals surface area contributed by atoms with Crippen LogP contribution in [0.15, 0.2) is 48.7 Å². The van der Waals surface area contributed by atoms with Gasteiger partial charge in [0.15, 0.2) is 0 Å². The van der Waals surface area contributed by atoms with Crippen LogP contribution in [0.2, 0.25) is 0 Å². The highest BCUT2D eigenvalue weighted by atomic mass is 16.1. The van der Waals surface area contributed by atoms with Crippen molar-refractivity contribution in [3.8, 4) is 0 Å². The number of benzene rings is 1. The Morgan fingerprint density at radius 3 is 2.64 bits per heavy atom. The molecule has 0 fully saturated rings. The third-order valence-electron chi connectivity index (χ3n) is 2.16. The van der Waals surface area contributed by atoms with Gasteiger partial charge in [0, 0.05) is 5.92 Å². The van der Waals surface area contributed by atoms with Gasteiger partial charge in [0.2, 0.25) is 0 Å². The van der Waals surface area contributed by atoms with Crippen molar-refractivity contribution in [1.29, 1.82) is 0 Å². The first-order valence-electron chi connectivity index (χ1n) is 4.73. The summed E-state index contributed by atoms with van der Waals surface area (Å²) >= 11 is 0. The summed E-state index contributed by atoms with van der Waals surface area (Å²) in [4.78, 5) is 10.8. The van der Waals surface area contributed by atoms with Crippen molar-refractivity contribution in [2.24, 2.45) is 0 Å². The smallest absolute Gasteiger partial charge is 0.127 e. The Bertz CT molecular complexity index is 320. The highest BCUT2D eigenvalue weighted by Crippen LogP contribution is 2.18. The van der Waals surface area contributed by atoms with E-state index in [0.717, 1.165) is 24.7 Å². The Morgan fingerprint density at radius 2 is 2.07 bits per heavy atom. The lowest BCUT2D eigenvalue weighted by atomic mass is 9.96. The number of hydrogen-bond acceptors (Lipinski definition) is 1. The number of rotatable bonds is 5. The monoisotopic (exact) mass is 186 g/mol. The van der Waals surface area contributed by atoms with Crippen LogP contribution in [0.25, 0.3) is 0 Å². The van der Waals surface area contributed by atoms with Crippen molar-refractivity contribution in [3.63, 3.8) is 0 Å². The largest absolute Gasteiger partial charge is 0.303 e. The zero-order chi connectivity index (χ0) is 10.2. The molecule has 0 spiro atoms. The summed E-state index contributed by atoms with van der Waals surface area (Å²) in [5.41, 5.74) is 3.79. The van der Waals surface area contributed by atoms with Crippen molar-refractivity contribution in [1.82, 2.24) is 0 Å². The molecule has 0 radical (unpaired) electrons. The Hall–Kier alpha value is -1.59. The van der Waals surface area contributed by atoms with Gasteiger partial charge < -0.3 is 4.79 Å². The predicted molar refractivity (Wildman–Crippen MR) is 58.2 cm³/mol.